The van der Waals surface area contributed by atoms with Crippen molar-refractivity contribution < 1.29 is 15.3 Å². The van der Waals surface area contributed by atoms with Crippen LogP contribution in [0, 0.1) is 0 Å². The lowest BCUT2D eigenvalue weighted by atomic mass is 10.0. The van der Waals surface area contributed by atoms with Crippen molar-refractivity contribution >= 4 is 16.8 Å². The molecule has 2 aromatic carbocycles. The number of benzene rings is 2. The average Bonchev–Trinajstić information content (AvgIpc) is 2.23. The van der Waals surface area contributed by atoms with E-state index < -0.39 is 0 Å². The fraction of sp³-hybridized carbons (Fsp3) is 0. The Hall–Kier alpha value is -2.16. The topological polar surface area (TPSA) is 60.7 Å². The lowest BCUT2D eigenvalue weighted by molar-refractivity contribution is 0.405. The number of hydrogen-bond donors (Lipinski definition) is 3. The van der Waals surface area contributed by atoms with Crippen molar-refractivity contribution in [2.75, 3.05) is 0 Å². The van der Waals surface area contributed by atoms with E-state index in [-0.39, 0.29) is 22.6 Å². The van der Waals surface area contributed by atoms with Crippen LogP contribution in [0.25, 0.3) is 16.8 Å². The molecule has 0 unspecified atom stereocenters. The monoisotopic (exact) mass is 202 g/mol. The van der Waals surface area contributed by atoms with Crippen molar-refractivity contribution in [1.82, 2.24) is 0 Å². The molecule has 2 rings (SSSR count). The Morgan fingerprint density at radius 2 is 1.80 bits per heavy atom. The molecule has 0 aliphatic carbocycles. The number of rotatable bonds is 1. The maximum atomic E-state index is 9.61. The van der Waals surface area contributed by atoms with E-state index in [1.165, 1.54) is 12.1 Å². The predicted octanol–water partition coefficient (Wildman–Crippen LogP) is 2.60. The van der Waals surface area contributed by atoms with E-state index in [0.29, 0.717) is 10.9 Å². The van der Waals surface area contributed by atoms with Crippen LogP contribution in [0.3, 0.4) is 0 Å². The van der Waals surface area contributed by atoms with Gasteiger partial charge in [-0.05, 0) is 23.1 Å². The average molecular weight is 202 g/mol. The van der Waals surface area contributed by atoms with Gasteiger partial charge in [0.2, 0.25) is 0 Å². The highest BCUT2D eigenvalue weighted by molar-refractivity contribution is 6.00. The minimum Gasteiger partial charge on any atom is -0.507 e. The molecule has 15 heavy (non-hydrogen) atoms. The molecular weight excluding hydrogens is 192 g/mol. The SMILES string of the molecule is C=Cc1cc(O)c(O)c2c(O)cccc12. The van der Waals surface area contributed by atoms with Crippen molar-refractivity contribution in [3.63, 3.8) is 0 Å². The summed E-state index contributed by atoms with van der Waals surface area (Å²) in [5.41, 5.74) is 0.663. The van der Waals surface area contributed by atoms with Gasteiger partial charge in [-0.15, -0.1) is 0 Å². The van der Waals surface area contributed by atoms with Gasteiger partial charge in [0.25, 0.3) is 0 Å². The van der Waals surface area contributed by atoms with Crippen LogP contribution in [0.2, 0.25) is 0 Å². The molecule has 0 fully saturated rings. The van der Waals surface area contributed by atoms with Crippen LogP contribution in [0.15, 0.2) is 30.8 Å². The first-order valence-corrected chi connectivity index (χ1v) is 4.44. The van der Waals surface area contributed by atoms with E-state index in [1.807, 2.05) is 0 Å². The normalized spacial score (nSPS) is 10.4. The Morgan fingerprint density at radius 3 is 2.47 bits per heavy atom. The zero-order valence-corrected chi connectivity index (χ0v) is 7.94. The Morgan fingerprint density at radius 1 is 1.07 bits per heavy atom. The maximum absolute atomic E-state index is 9.61. The molecule has 3 nitrogen and oxygen atoms in total. The molecule has 0 saturated carbocycles. The Labute approximate surface area is 86.5 Å². The molecule has 0 bridgehead atoms. The van der Waals surface area contributed by atoms with Crippen molar-refractivity contribution in [3.05, 3.63) is 36.4 Å². The first-order chi connectivity index (χ1) is 7.15. The predicted molar refractivity (Wildman–Crippen MR) is 59.0 cm³/mol. The minimum absolute atomic E-state index is 0.0657. The molecule has 0 aliphatic heterocycles. The van der Waals surface area contributed by atoms with E-state index in [4.69, 9.17) is 0 Å². The van der Waals surface area contributed by atoms with Gasteiger partial charge in [-0.2, -0.15) is 0 Å². The van der Waals surface area contributed by atoms with Gasteiger partial charge in [-0.25, -0.2) is 0 Å². The van der Waals surface area contributed by atoms with Crippen molar-refractivity contribution in [2.45, 2.75) is 0 Å². The van der Waals surface area contributed by atoms with Crippen LogP contribution in [0.4, 0.5) is 0 Å². The summed E-state index contributed by atoms with van der Waals surface area (Å²) in [6, 6.07) is 6.27. The van der Waals surface area contributed by atoms with Crippen LogP contribution in [0.1, 0.15) is 5.56 Å². The standard InChI is InChI=1S/C12H10O3/c1-2-7-6-10(14)12(15)11-8(7)4-3-5-9(11)13/h2-6,13-15H,1H2. The fourth-order valence-corrected chi connectivity index (χ4v) is 1.62. The fourth-order valence-electron chi connectivity index (χ4n) is 1.62. The Bertz CT molecular complexity index is 544. The molecule has 0 saturated heterocycles. The first kappa shape index (κ1) is 9.40. The zero-order valence-electron chi connectivity index (χ0n) is 7.94. The van der Waals surface area contributed by atoms with E-state index in [9.17, 15) is 15.3 Å². The molecule has 0 heterocycles. The van der Waals surface area contributed by atoms with Gasteiger partial charge in [0.05, 0.1) is 5.39 Å². The number of phenols is 3. The van der Waals surface area contributed by atoms with E-state index in [0.717, 1.165) is 0 Å². The Kier molecular flexibility index (Phi) is 2.01. The molecule has 2 aromatic rings. The third kappa shape index (κ3) is 1.29. The van der Waals surface area contributed by atoms with Gasteiger partial charge in [-0.1, -0.05) is 24.8 Å². The molecule has 0 amide bonds. The zero-order chi connectivity index (χ0) is 11.0. The molecule has 0 atom stereocenters. The molecule has 3 N–H and O–H groups in total. The van der Waals surface area contributed by atoms with Crippen molar-refractivity contribution in [3.8, 4) is 17.2 Å². The minimum atomic E-state index is -0.311. The summed E-state index contributed by atoms with van der Waals surface area (Å²) in [6.45, 7) is 3.61. The van der Waals surface area contributed by atoms with Gasteiger partial charge in [0.15, 0.2) is 11.5 Å². The Balaban J connectivity index is 3.03. The van der Waals surface area contributed by atoms with Gasteiger partial charge < -0.3 is 15.3 Å². The summed E-state index contributed by atoms with van der Waals surface area (Å²) in [5.74, 6) is -0.642. The molecule has 0 radical (unpaired) electrons. The third-order valence-electron chi connectivity index (χ3n) is 2.35. The van der Waals surface area contributed by atoms with Crippen LogP contribution in [-0.4, -0.2) is 15.3 Å². The molecule has 76 valence electrons. The summed E-state index contributed by atoms with van der Waals surface area (Å²) in [5, 5.41) is 29.5. The van der Waals surface area contributed by atoms with Crippen molar-refractivity contribution in [1.29, 1.82) is 0 Å². The summed E-state index contributed by atoms with van der Waals surface area (Å²) in [6.07, 6.45) is 1.56. The molecule has 0 aromatic heterocycles. The van der Waals surface area contributed by atoms with Crippen LogP contribution in [0.5, 0.6) is 17.2 Å². The second-order valence-electron chi connectivity index (χ2n) is 3.24. The van der Waals surface area contributed by atoms with Crippen molar-refractivity contribution in [2.24, 2.45) is 0 Å². The van der Waals surface area contributed by atoms with E-state index >= 15 is 0 Å². The maximum Gasteiger partial charge on any atom is 0.169 e. The van der Waals surface area contributed by atoms with Crippen LogP contribution >= 0.6 is 0 Å². The summed E-state index contributed by atoms with van der Waals surface area (Å²) in [7, 11) is 0. The highest BCUT2D eigenvalue weighted by atomic mass is 16.3. The van der Waals surface area contributed by atoms with Gasteiger partial charge in [-0.3, -0.25) is 0 Å². The number of aromatic hydroxyl groups is 3. The summed E-state index contributed by atoms with van der Waals surface area (Å²) >= 11 is 0. The van der Waals surface area contributed by atoms with Gasteiger partial charge in [0, 0.05) is 0 Å². The van der Waals surface area contributed by atoms with E-state index in [2.05, 4.69) is 6.58 Å². The highest BCUT2D eigenvalue weighted by Crippen LogP contribution is 2.40. The first-order valence-electron chi connectivity index (χ1n) is 4.44. The summed E-state index contributed by atoms with van der Waals surface area (Å²) < 4.78 is 0. The number of fused-ring (bicyclic) bond motifs is 1. The molecule has 0 aliphatic rings. The lowest BCUT2D eigenvalue weighted by Crippen LogP contribution is -1.81. The van der Waals surface area contributed by atoms with Gasteiger partial charge >= 0.3 is 0 Å². The molecular formula is C12H10O3. The van der Waals surface area contributed by atoms with Gasteiger partial charge in [0.1, 0.15) is 5.75 Å². The second kappa shape index (κ2) is 3.20. The summed E-state index contributed by atoms with van der Waals surface area (Å²) in [4.78, 5) is 0. The van der Waals surface area contributed by atoms with Crippen LogP contribution < -0.4 is 0 Å². The van der Waals surface area contributed by atoms with E-state index in [1.54, 1.807) is 18.2 Å². The second-order valence-corrected chi connectivity index (χ2v) is 3.24. The number of hydrogen-bond acceptors (Lipinski definition) is 3. The smallest absolute Gasteiger partial charge is 0.169 e. The molecule has 0 spiro atoms. The quantitative estimate of drug-likeness (QED) is 0.623. The highest BCUT2D eigenvalue weighted by Gasteiger charge is 2.11. The lowest BCUT2D eigenvalue weighted by Gasteiger charge is -2.08. The number of phenolic OH excluding ortho intramolecular Hbond substituents is 3. The largest absolute Gasteiger partial charge is 0.507 e. The van der Waals surface area contributed by atoms with Crippen LogP contribution in [-0.2, 0) is 0 Å². The third-order valence-corrected chi connectivity index (χ3v) is 2.35. The molecule has 3 heteroatoms.